The third-order valence-electron chi connectivity index (χ3n) is 3.85. The zero-order valence-corrected chi connectivity index (χ0v) is 16.0. The molecule has 0 aliphatic carbocycles. The maximum Gasteiger partial charge on any atom is 0.340 e. The van der Waals surface area contributed by atoms with Crippen LogP contribution in [0.2, 0.25) is 5.02 Å². The summed E-state index contributed by atoms with van der Waals surface area (Å²) in [6.07, 6.45) is 1.40. The second-order valence-corrected chi connectivity index (χ2v) is 6.87. The number of benzene rings is 1. The van der Waals surface area contributed by atoms with Crippen molar-refractivity contribution in [3.63, 3.8) is 0 Å². The lowest BCUT2D eigenvalue weighted by atomic mass is 10.0. The third kappa shape index (κ3) is 4.31. The van der Waals surface area contributed by atoms with Gasteiger partial charge in [-0.25, -0.2) is 4.79 Å². The van der Waals surface area contributed by atoms with Crippen LogP contribution in [0.1, 0.15) is 11.1 Å². The molecule has 0 saturated carbocycles. The molecule has 9 heteroatoms. The molecule has 0 aliphatic rings. The number of amides is 1. The van der Waals surface area contributed by atoms with E-state index in [2.05, 4.69) is 5.32 Å². The van der Waals surface area contributed by atoms with Gasteiger partial charge in [0.05, 0.1) is 36.1 Å². The summed E-state index contributed by atoms with van der Waals surface area (Å²) in [4.78, 5) is 35.5. The second kappa shape index (κ2) is 8.46. The Hall–Kier alpha value is -2.19. The largest absolute Gasteiger partial charge is 0.548 e. The summed E-state index contributed by atoms with van der Waals surface area (Å²) >= 11 is 7.37. The van der Waals surface area contributed by atoms with E-state index < -0.39 is 23.5 Å². The van der Waals surface area contributed by atoms with E-state index in [1.165, 1.54) is 24.9 Å². The predicted molar refractivity (Wildman–Crippen MR) is 97.8 cm³/mol. The first-order valence-electron chi connectivity index (χ1n) is 7.57. The summed E-state index contributed by atoms with van der Waals surface area (Å²) in [5.41, 5.74) is 0.278. The van der Waals surface area contributed by atoms with Crippen molar-refractivity contribution in [3.05, 3.63) is 38.7 Å². The summed E-state index contributed by atoms with van der Waals surface area (Å²) in [6, 6.07) is 1.96. The number of rotatable bonds is 7. The van der Waals surface area contributed by atoms with E-state index in [0.29, 0.717) is 21.7 Å². The Bertz CT molecular complexity index is 910. The van der Waals surface area contributed by atoms with E-state index in [1.54, 1.807) is 19.2 Å². The number of carbonyl (C=O) groups excluding carboxylic acids is 2. The number of halogens is 1. The molecule has 0 bridgehead atoms. The average Bonchev–Trinajstić information content (AvgIpc) is 2.58. The lowest BCUT2D eigenvalue weighted by molar-refractivity contribution is -0.307. The van der Waals surface area contributed by atoms with Crippen LogP contribution in [0.3, 0.4) is 0 Å². The van der Waals surface area contributed by atoms with Crippen LogP contribution in [0, 0.1) is 6.92 Å². The Morgan fingerprint density at radius 3 is 2.69 bits per heavy atom. The van der Waals surface area contributed by atoms with Crippen molar-refractivity contribution in [3.8, 4) is 5.75 Å². The van der Waals surface area contributed by atoms with Gasteiger partial charge in [-0.15, -0.1) is 0 Å². The number of carboxylic acid groups (broad SMARTS) is 1. The van der Waals surface area contributed by atoms with Gasteiger partial charge in [-0.1, -0.05) is 11.6 Å². The molecule has 0 saturated heterocycles. The van der Waals surface area contributed by atoms with Crippen LogP contribution < -0.4 is 20.8 Å². The molecule has 7 nitrogen and oxygen atoms in total. The number of hydrogen-bond donors (Lipinski definition) is 1. The molecule has 1 aromatic carbocycles. The van der Waals surface area contributed by atoms with E-state index in [-0.39, 0.29) is 23.3 Å². The zero-order chi connectivity index (χ0) is 19.4. The topological polar surface area (TPSA) is 109 Å². The van der Waals surface area contributed by atoms with Gasteiger partial charge in [-0.3, -0.25) is 4.79 Å². The third-order valence-corrected chi connectivity index (χ3v) is 4.81. The highest BCUT2D eigenvalue weighted by atomic mass is 35.5. The Morgan fingerprint density at radius 2 is 2.12 bits per heavy atom. The van der Waals surface area contributed by atoms with Crippen LogP contribution in [-0.2, 0) is 16.0 Å². The molecule has 0 aliphatic heterocycles. The summed E-state index contributed by atoms with van der Waals surface area (Å²) in [6.45, 7) is 1.67. The fourth-order valence-electron chi connectivity index (χ4n) is 2.49. The normalized spacial score (nSPS) is 12.0. The van der Waals surface area contributed by atoms with Gasteiger partial charge in [-0.2, -0.15) is 11.8 Å². The first-order chi connectivity index (χ1) is 12.3. The van der Waals surface area contributed by atoms with Crippen molar-refractivity contribution in [2.45, 2.75) is 19.4 Å². The summed E-state index contributed by atoms with van der Waals surface area (Å²) in [5, 5.41) is 14.3. The van der Waals surface area contributed by atoms with Crippen LogP contribution in [0.4, 0.5) is 0 Å². The fraction of sp³-hybridized carbons (Fsp3) is 0.353. The van der Waals surface area contributed by atoms with E-state index in [4.69, 9.17) is 20.8 Å². The minimum absolute atomic E-state index is 0.137. The van der Waals surface area contributed by atoms with Gasteiger partial charge in [0, 0.05) is 17.2 Å². The van der Waals surface area contributed by atoms with Gasteiger partial charge in [0.25, 0.3) is 0 Å². The maximum absolute atomic E-state index is 12.3. The number of fused-ring (bicyclic) bond motifs is 1. The number of carbonyl (C=O) groups is 2. The molecule has 1 heterocycles. The molecule has 0 fully saturated rings. The second-order valence-electron chi connectivity index (χ2n) is 5.55. The predicted octanol–water partition coefficient (Wildman–Crippen LogP) is 0.904. The van der Waals surface area contributed by atoms with Crippen LogP contribution in [-0.4, -0.2) is 37.0 Å². The van der Waals surface area contributed by atoms with Crippen molar-refractivity contribution in [2.24, 2.45) is 0 Å². The molecule has 1 amide bonds. The van der Waals surface area contributed by atoms with E-state index in [0.717, 1.165) is 0 Å². The molecule has 1 aromatic heterocycles. The van der Waals surface area contributed by atoms with Crippen LogP contribution in [0.15, 0.2) is 21.3 Å². The van der Waals surface area contributed by atoms with Crippen molar-refractivity contribution < 1.29 is 23.8 Å². The molecule has 0 spiro atoms. The van der Waals surface area contributed by atoms with E-state index in [1.807, 2.05) is 0 Å². The highest BCUT2D eigenvalue weighted by Gasteiger charge is 2.19. The SMILES string of the molecule is COc1cc2oc(=O)c(CC(=O)N[C@@H](CSC)C(=O)[O-])c(C)c2cc1Cl. The van der Waals surface area contributed by atoms with Crippen molar-refractivity contribution >= 4 is 46.2 Å². The average molecular weight is 399 g/mol. The summed E-state index contributed by atoms with van der Waals surface area (Å²) in [7, 11) is 1.44. The molecule has 2 rings (SSSR count). The minimum Gasteiger partial charge on any atom is -0.548 e. The number of ether oxygens (including phenoxy) is 1. The Morgan fingerprint density at radius 1 is 1.42 bits per heavy atom. The molecule has 0 radical (unpaired) electrons. The standard InChI is InChI=1S/C17H18ClNO6S/c1-8-9-4-11(18)14(24-2)6-13(9)25-17(23)10(8)5-15(20)19-12(7-26-3)16(21)22/h4,6,12H,5,7H2,1-3H3,(H,19,20)(H,21,22)/p-1/t12-/m0/s1. The Balaban J connectivity index is 2.36. The number of hydrogen-bond acceptors (Lipinski definition) is 7. The highest BCUT2D eigenvalue weighted by Crippen LogP contribution is 2.31. The van der Waals surface area contributed by atoms with Gasteiger partial charge in [0.1, 0.15) is 11.3 Å². The number of carboxylic acids is 1. The van der Waals surface area contributed by atoms with Crippen molar-refractivity contribution in [2.75, 3.05) is 19.1 Å². The fourth-order valence-corrected chi connectivity index (χ4v) is 3.29. The monoisotopic (exact) mass is 398 g/mol. The zero-order valence-electron chi connectivity index (χ0n) is 14.4. The van der Waals surface area contributed by atoms with E-state index >= 15 is 0 Å². The van der Waals surface area contributed by atoms with Crippen LogP contribution in [0.25, 0.3) is 11.0 Å². The molecular formula is C17H17ClNO6S-. The first kappa shape index (κ1) is 20.1. The van der Waals surface area contributed by atoms with Crippen LogP contribution in [0.5, 0.6) is 5.75 Å². The van der Waals surface area contributed by atoms with Gasteiger partial charge in [0.15, 0.2) is 0 Å². The van der Waals surface area contributed by atoms with Gasteiger partial charge in [0.2, 0.25) is 5.91 Å². The number of nitrogens with one attached hydrogen (secondary N) is 1. The van der Waals surface area contributed by atoms with Crippen molar-refractivity contribution in [1.82, 2.24) is 5.32 Å². The Kier molecular flexibility index (Phi) is 6.55. The molecule has 140 valence electrons. The van der Waals surface area contributed by atoms with Crippen molar-refractivity contribution in [1.29, 1.82) is 0 Å². The quantitative estimate of drug-likeness (QED) is 0.690. The number of aliphatic carboxylic acids is 1. The Labute approximate surface area is 158 Å². The maximum atomic E-state index is 12.3. The van der Waals surface area contributed by atoms with Gasteiger partial charge < -0.3 is 24.4 Å². The molecule has 26 heavy (non-hydrogen) atoms. The molecule has 0 unspecified atom stereocenters. The summed E-state index contributed by atoms with van der Waals surface area (Å²) < 4.78 is 10.4. The lowest BCUT2D eigenvalue weighted by Crippen LogP contribution is -2.50. The molecule has 1 atom stereocenters. The van der Waals surface area contributed by atoms with Crippen LogP contribution >= 0.6 is 23.4 Å². The highest BCUT2D eigenvalue weighted by molar-refractivity contribution is 7.98. The summed E-state index contributed by atoms with van der Waals surface area (Å²) in [5.74, 6) is -1.47. The lowest BCUT2D eigenvalue weighted by Gasteiger charge is -2.18. The smallest absolute Gasteiger partial charge is 0.340 e. The number of thioether (sulfide) groups is 1. The first-order valence-corrected chi connectivity index (χ1v) is 9.34. The van der Waals surface area contributed by atoms with E-state index in [9.17, 15) is 19.5 Å². The van der Waals surface area contributed by atoms with Gasteiger partial charge >= 0.3 is 5.63 Å². The number of aryl methyl sites for hydroxylation is 1. The van der Waals surface area contributed by atoms with Gasteiger partial charge in [-0.05, 0) is 24.8 Å². The molecule has 1 N–H and O–H groups in total. The molecular weight excluding hydrogens is 382 g/mol. The number of methoxy groups -OCH3 is 1. The molecule has 2 aromatic rings. The minimum atomic E-state index is -1.38.